The maximum Gasteiger partial charge on any atom is 0.268 e. The van der Waals surface area contributed by atoms with Gasteiger partial charge in [0.1, 0.15) is 29.1 Å². The summed E-state index contributed by atoms with van der Waals surface area (Å²) in [5.74, 6) is 0.952. The SMILES string of the molecule is CCCOc1ccc(-c2c(C#N)c(N)[nH]c(=O)c2C#N)cc1OCC. The molecule has 1 aromatic heterocycles. The Balaban J connectivity index is 2.71. The van der Waals surface area contributed by atoms with Gasteiger partial charge in [-0.15, -0.1) is 0 Å². The van der Waals surface area contributed by atoms with Gasteiger partial charge in [0.25, 0.3) is 5.56 Å². The Bertz CT molecular complexity index is 920. The Morgan fingerprint density at radius 2 is 1.84 bits per heavy atom. The predicted molar refractivity (Wildman–Crippen MR) is 93.3 cm³/mol. The second kappa shape index (κ2) is 7.89. The van der Waals surface area contributed by atoms with Gasteiger partial charge in [0, 0.05) is 5.56 Å². The van der Waals surface area contributed by atoms with Crippen molar-refractivity contribution in [2.24, 2.45) is 0 Å². The number of H-pyrrole nitrogens is 1. The highest BCUT2D eigenvalue weighted by atomic mass is 16.5. The van der Waals surface area contributed by atoms with Gasteiger partial charge in [-0.05, 0) is 31.0 Å². The molecule has 0 unspecified atom stereocenters. The number of nitriles is 2. The average Bonchev–Trinajstić information content (AvgIpc) is 2.60. The molecule has 0 saturated carbocycles. The van der Waals surface area contributed by atoms with Crippen LogP contribution in [0.3, 0.4) is 0 Å². The van der Waals surface area contributed by atoms with E-state index in [1.807, 2.05) is 26.0 Å². The van der Waals surface area contributed by atoms with Crippen LogP contribution in [-0.4, -0.2) is 18.2 Å². The molecule has 2 aromatic rings. The zero-order valence-corrected chi connectivity index (χ0v) is 14.0. The number of nitrogen functional groups attached to an aromatic ring is 1. The first-order valence-corrected chi connectivity index (χ1v) is 7.83. The van der Waals surface area contributed by atoms with Gasteiger partial charge in [-0.3, -0.25) is 4.79 Å². The fourth-order valence-corrected chi connectivity index (χ4v) is 2.40. The molecule has 0 amide bonds. The van der Waals surface area contributed by atoms with Crippen molar-refractivity contribution < 1.29 is 9.47 Å². The number of nitrogens with zero attached hydrogens (tertiary/aromatic N) is 2. The molecule has 0 spiro atoms. The van der Waals surface area contributed by atoms with Crippen molar-refractivity contribution in [1.82, 2.24) is 4.98 Å². The standard InChI is InChI=1S/C18H18N4O3/c1-3-7-25-14-6-5-11(8-15(14)24-4-2)16-12(9-19)17(21)22-18(23)13(16)10-20/h5-6,8H,3-4,7H2,1-2H3,(H3,21,22,23). The summed E-state index contributed by atoms with van der Waals surface area (Å²) in [5.41, 5.74) is 5.65. The van der Waals surface area contributed by atoms with E-state index in [0.29, 0.717) is 30.3 Å². The van der Waals surface area contributed by atoms with E-state index < -0.39 is 5.56 Å². The van der Waals surface area contributed by atoms with Crippen molar-refractivity contribution in [3.63, 3.8) is 0 Å². The first-order chi connectivity index (χ1) is 12.1. The van der Waals surface area contributed by atoms with Crippen LogP contribution in [0.15, 0.2) is 23.0 Å². The van der Waals surface area contributed by atoms with E-state index in [0.717, 1.165) is 6.42 Å². The van der Waals surface area contributed by atoms with Gasteiger partial charge >= 0.3 is 0 Å². The van der Waals surface area contributed by atoms with Crippen LogP contribution in [0.2, 0.25) is 0 Å². The van der Waals surface area contributed by atoms with Crippen molar-refractivity contribution in [3.05, 3.63) is 39.7 Å². The van der Waals surface area contributed by atoms with E-state index in [-0.39, 0.29) is 22.5 Å². The fourth-order valence-electron chi connectivity index (χ4n) is 2.40. The maximum atomic E-state index is 12.0. The smallest absolute Gasteiger partial charge is 0.268 e. The lowest BCUT2D eigenvalue weighted by Crippen LogP contribution is -2.16. The summed E-state index contributed by atoms with van der Waals surface area (Å²) < 4.78 is 11.2. The van der Waals surface area contributed by atoms with Crippen molar-refractivity contribution >= 4 is 5.82 Å². The van der Waals surface area contributed by atoms with Crippen molar-refractivity contribution in [1.29, 1.82) is 10.5 Å². The number of rotatable bonds is 6. The molecule has 0 atom stereocenters. The molecule has 25 heavy (non-hydrogen) atoms. The van der Waals surface area contributed by atoms with Crippen LogP contribution in [0.5, 0.6) is 11.5 Å². The number of ether oxygens (including phenoxy) is 2. The normalized spacial score (nSPS) is 9.92. The Morgan fingerprint density at radius 1 is 1.12 bits per heavy atom. The van der Waals surface area contributed by atoms with Crippen LogP contribution in [0.1, 0.15) is 31.4 Å². The highest BCUT2D eigenvalue weighted by molar-refractivity contribution is 5.81. The molecule has 128 valence electrons. The number of anilines is 1. The molecular weight excluding hydrogens is 320 g/mol. The van der Waals surface area contributed by atoms with Gasteiger partial charge in [0.05, 0.1) is 13.2 Å². The maximum absolute atomic E-state index is 12.0. The summed E-state index contributed by atoms with van der Waals surface area (Å²) >= 11 is 0. The van der Waals surface area contributed by atoms with Gasteiger partial charge in [0.15, 0.2) is 11.5 Å². The summed E-state index contributed by atoms with van der Waals surface area (Å²) in [5, 5.41) is 18.7. The summed E-state index contributed by atoms with van der Waals surface area (Å²) in [6, 6.07) is 8.79. The van der Waals surface area contributed by atoms with E-state index in [1.165, 1.54) is 0 Å². The largest absolute Gasteiger partial charge is 0.490 e. The second-order valence-electron chi connectivity index (χ2n) is 5.16. The zero-order chi connectivity index (χ0) is 18.4. The average molecular weight is 338 g/mol. The summed E-state index contributed by atoms with van der Waals surface area (Å²) in [7, 11) is 0. The lowest BCUT2D eigenvalue weighted by Gasteiger charge is -2.14. The number of hydrogen-bond acceptors (Lipinski definition) is 6. The van der Waals surface area contributed by atoms with Crippen LogP contribution >= 0.6 is 0 Å². The van der Waals surface area contributed by atoms with Crippen LogP contribution in [0, 0.1) is 22.7 Å². The monoisotopic (exact) mass is 338 g/mol. The number of aromatic amines is 1. The zero-order valence-electron chi connectivity index (χ0n) is 14.0. The first-order valence-electron chi connectivity index (χ1n) is 7.83. The molecule has 7 heteroatoms. The Hall–Kier alpha value is -3.45. The van der Waals surface area contributed by atoms with E-state index >= 15 is 0 Å². The molecule has 7 nitrogen and oxygen atoms in total. The van der Waals surface area contributed by atoms with Crippen molar-refractivity contribution in [3.8, 4) is 34.8 Å². The fraction of sp³-hybridized carbons (Fsp3) is 0.278. The second-order valence-corrected chi connectivity index (χ2v) is 5.16. The van der Waals surface area contributed by atoms with Gasteiger partial charge in [-0.25, -0.2) is 0 Å². The van der Waals surface area contributed by atoms with Crippen LogP contribution in [0.4, 0.5) is 5.82 Å². The molecule has 3 N–H and O–H groups in total. The third-order valence-electron chi connectivity index (χ3n) is 3.46. The highest BCUT2D eigenvalue weighted by Gasteiger charge is 2.19. The Labute approximate surface area is 145 Å². The van der Waals surface area contributed by atoms with E-state index in [4.69, 9.17) is 15.2 Å². The van der Waals surface area contributed by atoms with Gasteiger partial charge in [-0.2, -0.15) is 10.5 Å². The van der Waals surface area contributed by atoms with Crippen LogP contribution < -0.4 is 20.8 Å². The van der Waals surface area contributed by atoms with Gasteiger partial charge in [-0.1, -0.05) is 13.0 Å². The molecular formula is C18H18N4O3. The molecule has 0 aliphatic carbocycles. The summed E-state index contributed by atoms with van der Waals surface area (Å²) in [6.45, 7) is 4.78. The van der Waals surface area contributed by atoms with Gasteiger partial charge in [0.2, 0.25) is 0 Å². The minimum Gasteiger partial charge on any atom is -0.490 e. The number of benzene rings is 1. The first kappa shape index (κ1) is 17.9. The number of aromatic nitrogens is 1. The number of pyridine rings is 1. The van der Waals surface area contributed by atoms with E-state index in [1.54, 1.807) is 18.2 Å². The minimum absolute atomic E-state index is 0.0424. The third-order valence-corrected chi connectivity index (χ3v) is 3.46. The topological polar surface area (TPSA) is 125 Å². The quantitative estimate of drug-likeness (QED) is 0.834. The Kier molecular flexibility index (Phi) is 5.65. The van der Waals surface area contributed by atoms with Crippen LogP contribution in [0.25, 0.3) is 11.1 Å². The molecule has 0 aliphatic heterocycles. The lowest BCUT2D eigenvalue weighted by atomic mass is 9.96. The molecule has 1 heterocycles. The summed E-state index contributed by atoms with van der Waals surface area (Å²) in [4.78, 5) is 14.3. The highest BCUT2D eigenvalue weighted by Crippen LogP contribution is 2.35. The van der Waals surface area contributed by atoms with Gasteiger partial charge < -0.3 is 20.2 Å². The van der Waals surface area contributed by atoms with Crippen LogP contribution in [-0.2, 0) is 0 Å². The molecule has 0 radical (unpaired) electrons. The predicted octanol–water partition coefficient (Wildman–Crippen LogP) is 2.55. The van der Waals surface area contributed by atoms with E-state index in [9.17, 15) is 15.3 Å². The molecule has 0 bridgehead atoms. The molecule has 0 aliphatic rings. The number of nitrogens with one attached hydrogen (secondary N) is 1. The minimum atomic E-state index is -0.640. The Morgan fingerprint density at radius 3 is 2.44 bits per heavy atom. The molecule has 1 aromatic carbocycles. The molecule has 0 fully saturated rings. The third kappa shape index (κ3) is 3.56. The van der Waals surface area contributed by atoms with Crippen molar-refractivity contribution in [2.75, 3.05) is 18.9 Å². The molecule has 0 saturated heterocycles. The molecule has 2 rings (SSSR count). The lowest BCUT2D eigenvalue weighted by molar-refractivity contribution is 0.277. The van der Waals surface area contributed by atoms with E-state index in [2.05, 4.69) is 4.98 Å². The summed E-state index contributed by atoms with van der Waals surface area (Å²) in [6.07, 6.45) is 0.842. The number of hydrogen-bond donors (Lipinski definition) is 2. The van der Waals surface area contributed by atoms with Crippen molar-refractivity contribution in [2.45, 2.75) is 20.3 Å². The number of nitrogens with two attached hydrogens (primary N) is 1.